The Morgan fingerprint density at radius 1 is 1.50 bits per heavy atom. The number of nitrogen functional groups attached to an aromatic ring is 1. The zero-order valence-electron chi connectivity index (χ0n) is 11.2. The summed E-state index contributed by atoms with van der Waals surface area (Å²) in [5.41, 5.74) is 5.28. The number of non-ortho nitro benzene ring substituents is 1. The van der Waals surface area contributed by atoms with E-state index in [9.17, 15) is 18.5 Å². The number of nitrogens with two attached hydrogens (primary N) is 1. The number of nitro groups is 1. The number of rotatable bonds is 7. The zero-order chi connectivity index (χ0) is 15.3. The van der Waals surface area contributed by atoms with Crippen molar-refractivity contribution in [3.8, 4) is 0 Å². The van der Waals surface area contributed by atoms with E-state index in [0.29, 0.717) is 6.42 Å². The number of hydrogen-bond acceptors (Lipinski definition) is 6. The van der Waals surface area contributed by atoms with E-state index in [0.717, 1.165) is 11.8 Å². The molecular formula is C11H17N3O4S2. The van der Waals surface area contributed by atoms with Crippen LogP contribution < -0.4 is 10.5 Å². The third-order valence-corrected chi connectivity index (χ3v) is 4.90. The molecule has 0 aliphatic carbocycles. The summed E-state index contributed by atoms with van der Waals surface area (Å²) in [6.07, 6.45) is 2.59. The Bertz CT molecular complexity index is 589. The molecule has 0 spiro atoms. The van der Waals surface area contributed by atoms with E-state index in [1.807, 2.05) is 6.26 Å². The second-order valence-corrected chi connectivity index (χ2v) is 6.95. The number of sulfonamides is 1. The molecule has 7 nitrogen and oxygen atoms in total. The lowest BCUT2D eigenvalue weighted by molar-refractivity contribution is -0.385. The van der Waals surface area contributed by atoms with Gasteiger partial charge in [-0.2, -0.15) is 11.8 Å². The molecule has 112 valence electrons. The van der Waals surface area contributed by atoms with Crippen molar-refractivity contribution in [2.24, 2.45) is 0 Å². The van der Waals surface area contributed by atoms with E-state index in [1.54, 1.807) is 18.7 Å². The number of thioether (sulfide) groups is 1. The molecule has 3 N–H and O–H groups in total. The van der Waals surface area contributed by atoms with Gasteiger partial charge in [0, 0.05) is 18.2 Å². The van der Waals surface area contributed by atoms with Crippen LogP contribution in [0.1, 0.15) is 13.3 Å². The molecule has 0 aliphatic rings. The highest BCUT2D eigenvalue weighted by atomic mass is 32.2. The monoisotopic (exact) mass is 319 g/mol. The molecule has 20 heavy (non-hydrogen) atoms. The predicted octanol–water partition coefficient (Wildman–Crippen LogP) is 1.60. The van der Waals surface area contributed by atoms with E-state index in [1.165, 1.54) is 12.1 Å². The minimum atomic E-state index is -3.87. The van der Waals surface area contributed by atoms with Gasteiger partial charge in [-0.3, -0.25) is 10.1 Å². The fourth-order valence-electron chi connectivity index (χ4n) is 1.55. The predicted molar refractivity (Wildman–Crippen MR) is 80.3 cm³/mol. The van der Waals surface area contributed by atoms with Crippen LogP contribution in [0.4, 0.5) is 11.4 Å². The molecule has 0 amide bonds. The van der Waals surface area contributed by atoms with Gasteiger partial charge in [-0.05, 0) is 31.4 Å². The summed E-state index contributed by atoms with van der Waals surface area (Å²) in [5.74, 6) is 0.814. The molecule has 0 radical (unpaired) electrons. The first-order valence-corrected chi connectivity index (χ1v) is 8.71. The van der Waals surface area contributed by atoms with Gasteiger partial charge in [0.25, 0.3) is 5.69 Å². The highest BCUT2D eigenvalue weighted by Crippen LogP contribution is 2.24. The van der Waals surface area contributed by atoms with Gasteiger partial charge in [-0.25, -0.2) is 13.1 Å². The number of anilines is 1. The number of nitrogens with one attached hydrogen (secondary N) is 1. The van der Waals surface area contributed by atoms with Crippen molar-refractivity contribution in [3.63, 3.8) is 0 Å². The maximum absolute atomic E-state index is 12.2. The lowest BCUT2D eigenvalue weighted by Gasteiger charge is -2.14. The molecule has 9 heteroatoms. The molecule has 0 saturated carbocycles. The van der Waals surface area contributed by atoms with Gasteiger partial charge >= 0.3 is 0 Å². The van der Waals surface area contributed by atoms with Gasteiger partial charge in [-0.1, -0.05) is 0 Å². The Hall–Kier alpha value is -1.32. The van der Waals surface area contributed by atoms with Crippen LogP contribution in [0.2, 0.25) is 0 Å². The van der Waals surface area contributed by atoms with E-state index in [-0.39, 0.29) is 22.3 Å². The topological polar surface area (TPSA) is 115 Å². The average Bonchev–Trinajstić information content (AvgIpc) is 2.35. The molecular weight excluding hydrogens is 302 g/mol. The lowest BCUT2D eigenvalue weighted by Crippen LogP contribution is -2.33. The number of hydrogen-bond donors (Lipinski definition) is 2. The van der Waals surface area contributed by atoms with E-state index in [4.69, 9.17) is 5.73 Å². The van der Waals surface area contributed by atoms with E-state index >= 15 is 0 Å². The first-order chi connectivity index (χ1) is 9.27. The Balaban J connectivity index is 3.03. The van der Waals surface area contributed by atoms with Crippen LogP contribution in [0.15, 0.2) is 23.1 Å². The highest BCUT2D eigenvalue weighted by molar-refractivity contribution is 7.98. The number of nitrogens with zero attached hydrogens (tertiary/aromatic N) is 1. The van der Waals surface area contributed by atoms with Crippen molar-refractivity contribution in [1.29, 1.82) is 0 Å². The Morgan fingerprint density at radius 3 is 2.70 bits per heavy atom. The molecule has 1 unspecified atom stereocenters. The van der Waals surface area contributed by atoms with Crippen molar-refractivity contribution in [2.75, 3.05) is 17.7 Å². The Kier molecular flexibility index (Phi) is 5.78. The SMILES string of the molecule is CSCCC(C)NS(=O)(=O)c1cc([N+](=O)[O-])ccc1N. The molecule has 0 heterocycles. The Morgan fingerprint density at radius 2 is 2.15 bits per heavy atom. The second-order valence-electron chi connectivity index (χ2n) is 4.28. The Labute approximate surface area is 122 Å². The maximum Gasteiger partial charge on any atom is 0.270 e. The van der Waals surface area contributed by atoms with Crippen molar-refractivity contribution >= 4 is 33.2 Å². The third-order valence-electron chi connectivity index (χ3n) is 2.61. The largest absolute Gasteiger partial charge is 0.398 e. The van der Waals surface area contributed by atoms with Gasteiger partial charge in [0.05, 0.1) is 10.6 Å². The first-order valence-electron chi connectivity index (χ1n) is 5.83. The van der Waals surface area contributed by atoms with Crippen molar-refractivity contribution in [2.45, 2.75) is 24.3 Å². The van der Waals surface area contributed by atoms with Crippen LogP contribution in [-0.2, 0) is 10.0 Å². The normalized spacial score (nSPS) is 13.1. The molecule has 1 rings (SSSR count). The summed E-state index contributed by atoms with van der Waals surface area (Å²) in [6.45, 7) is 1.74. The highest BCUT2D eigenvalue weighted by Gasteiger charge is 2.22. The van der Waals surface area contributed by atoms with Crippen molar-refractivity contribution in [3.05, 3.63) is 28.3 Å². The van der Waals surface area contributed by atoms with Gasteiger partial charge < -0.3 is 5.73 Å². The number of nitro benzene ring substituents is 1. The summed E-state index contributed by atoms with van der Waals surface area (Å²) in [7, 11) is -3.87. The molecule has 0 aromatic heterocycles. The van der Waals surface area contributed by atoms with Gasteiger partial charge in [-0.15, -0.1) is 0 Å². The molecule has 0 fully saturated rings. The number of benzene rings is 1. The third kappa shape index (κ3) is 4.36. The van der Waals surface area contributed by atoms with Crippen molar-refractivity contribution in [1.82, 2.24) is 4.72 Å². The van der Waals surface area contributed by atoms with Crippen LogP contribution in [0.3, 0.4) is 0 Å². The van der Waals surface area contributed by atoms with E-state index < -0.39 is 14.9 Å². The second kappa shape index (κ2) is 6.91. The molecule has 1 aromatic carbocycles. The quantitative estimate of drug-likeness (QED) is 0.448. The maximum atomic E-state index is 12.2. The molecule has 0 aliphatic heterocycles. The van der Waals surface area contributed by atoms with Crippen LogP contribution in [0.5, 0.6) is 0 Å². The van der Waals surface area contributed by atoms with Gasteiger partial charge in [0.1, 0.15) is 4.90 Å². The van der Waals surface area contributed by atoms with Crippen LogP contribution in [-0.4, -0.2) is 31.4 Å². The lowest BCUT2D eigenvalue weighted by atomic mass is 10.3. The average molecular weight is 319 g/mol. The summed E-state index contributed by atoms with van der Waals surface area (Å²) in [6, 6.07) is 3.09. The van der Waals surface area contributed by atoms with Crippen LogP contribution in [0, 0.1) is 10.1 Å². The van der Waals surface area contributed by atoms with Gasteiger partial charge in [0.15, 0.2) is 0 Å². The standard InChI is InChI=1S/C11H17N3O4S2/c1-8(5-6-19-2)13-20(17,18)11-7-9(14(15)16)3-4-10(11)12/h3-4,7-8,13H,5-6,12H2,1-2H3. The van der Waals surface area contributed by atoms with Crippen LogP contribution >= 0.6 is 11.8 Å². The summed E-state index contributed by atoms with van der Waals surface area (Å²) >= 11 is 1.61. The van der Waals surface area contributed by atoms with Crippen LogP contribution in [0.25, 0.3) is 0 Å². The summed E-state index contributed by atoms with van der Waals surface area (Å²) in [4.78, 5) is 9.78. The molecule has 0 saturated heterocycles. The summed E-state index contributed by atoms with van der Waals surface area (Å²) in [5, 5.41) is 10.7. The molecule has 1 atom stereocenters. The minimum absolute atomic E-state index is 0.0137. The zero-order valence-corrected chi connectivity index (χ0v) is 12.8. The van der Waals surface area contributed by atoms with E-state index in [2.05, 4.69) is 4.72 Å². The summed E-state index contributed by atoms with van der Waals surface area (Å²) < 4.78 is 26.8. The fourth-order valence-corrected chi connectivity index (χ4v) is 3.57. The van der Waals surface area contributed by atoms with Gasteiger partial charge in [0.2, 0.25) is 10.0 Å². The fraction of sp³-hybridized carbons (Fsp3) is 0.455. The van der Waals surface area contributed by atoms with Crippen molar-refractivity contribution < 1.29 is 13.3 Å². The molecule has 0 bridgehead atoms. The smallest absolute Gasteiger partial charge is 0.270 e. The first kappa shape index (κ1) is 16.7. The molecule has 1 aromatic rings. The minimum Gasteiger partial charge on any atom is -0.398 e.